The van der Waals surface area contributed by atoms with Gasteiger partial charge in [-0.2, -0.15) is 0 Å². The maximum Gasteiger partial charge on any atom is 0.307 e. The summed E-state index contributed by atoms with van der Waals surface area (Å²) in [6, 6.07) is 2.03. The van der Waals surface area contributed by atoms with Gasteiger partial charge >= 0.3 is 5.97 Å². The van der Waals surface area contributed by atoms with E-state index in [0.29, 0.717) is 21.9 Å². The average Bonchev–Trinajstić information content (AvgIpc) is 2.83. The van der Waals surface area contributed by atoms with E-state index in [9.17, 15) is 4.79 Å². The van der Waals surface area contributed by atoms with E-state index in [-0.39, 0.29) is 12.5 Å². The molecule has 3 rings (SSSR count). The fourth-order valence-electron chi connectivity index (χ4n) is 2.89. The first-order chi connectivity index (χ1) is 10.0. The topological polar surface area (TPSA) is 71.5 Å². The highest BCUT2D eigenvalue weighted by Gasteiger charge is 2.25. The van der Waals surface area contributed by atoms with E-state index in [1.54, 1.807) is 6.20 Å². The van der Waals surface area contributed by atoms with Gasteiger partial charge in [-0.1, -0.05) is 11.6 Å². The number of ether oxygens (including phenoxy) is 1. The summed E-state index contributed by atoms with van der Waals surface area (Å²) < 4.78 is 5.30. The summed E-state index contributed by atoms with van der Waals surface area (Å²) in [7, 11) is 1.52. The summed E-state index contributed by atoms with van der Waals surface area (Å²) in [6.45, 7) is 2.84. The van der Waals surface area contributed by atoms with Crippen molar-refractivity contribution in [1.29, 1.82) is 0 Å². The van der Waals surface area contributed by atoms with Crippen LogP contribution in [0.1, 0.15) is 29.7 Å². The molecule has 2 N–H and O–H groups in total. The van der Waals surface area contributed by atoms with Gasteiger partial charge in [-0.05, 0) is 24.1 Å². The van der Waals surface area contributed by atoms with E-state index in [1.165, 1.54) is 7.11 Å². The third-order valence-corrected chi connectivity index (χ3v) is 4.28. The summed E-state index contributed by atoms with van der Waals surface area (Å²) in [5, 5.41) is 13.7. The van der Waals surface area contributed by atoms with Gasteiger partial charge in [0, 0.05) is 29.7 Å². The molecule has 1 aromatic heterocycles. The normalized spacial score (nSPS) is 17.0. The fourth-order valence-corrected chi connectivity index (χ4v) is 3.18. The highest BCUT2D eigenvalue weighted by Crippen LogP contribution is 2.39. The van der Waals surface area contributed by atoms with Crippen molar-refractivity contribution in [2.24, 2.45) is 0 Å². The van der Waals surface area contributed by atoms with E-state index >= 15 is 0 Å². The van der Waals surface area contributed by atoms with Crippen molar-refractivity contribution in [2.75, 3.05) is 7.11 Å². The predicted octanol–water partition coefficient (Wildman–Crippen LogP) is 2.69. The highest BCUT2D eigenvalue weighted by atomic mass is 35.5. The number of carboxylic acid groups (broad SMARTS) is 1. The van der Waals surface area contributed by atoms with E-state index in [1.807, 2.05) is 6.07 Å². The van der Waals surface area contributed by atoms with Crippen molar-refractivity contribution in [2.45, 2.75) is 25.9 Å². The van der Waals surface area contributed by atoms with Gasteiger partial charge < -0.3 is 15.2 Å². The Morgan fingerprint density at radius 1 is 1.62 bits per heavy atom. The Bertz CT molecular complexity index is 746. The molecule has 1 aromatic carbocycles. The van der Waals surface area contributed by atoms with Crippen LogP contribution in [0, 0.1) is 0 Å². The second-order valence-corrected chi connectivity index (χ2v) is 5.52. The van der Waals surface area contributed by atoms with Crippen LogP contribution in [0.2, 0.25) is 5.02 Å². The van der Waals surface area contributed by atoms with Crippen molar-refractivity contribution in [3.8, 4) is 5.75 Å². The number of aliphatic carboxylic acids is 1. The van der Waals surface area contributed by atoms with Crippen molar-refractivity contribution in [1.82, 2.24) is 10.3 Å². The van der Waals surface area contributed by atoms with Crippen LogP contribution >= 0.6 is 11.6 Å². The molecule has 6 heteroatoms. The van der Waals surface area contributed by atoms with Crippen LogP contribution in [0.25, 0.3) is 10.9 Å². The molecule has 21 heavy (non-hydrogen) atoms. The number of aromatic nitrogens is 1. The fraction of sp³-hybridized carbons (Fsp3) is 0.333. The minimum absolute atomic E-state index is 0.180. The van der Waals surface area contributed by atoms with E-state index < -0.39 is 5.97 Å². The summed E-state index contributed by atoms with van der Waals surface area (Å²) in [6.07, 6.45) is 1.61. The molecule has 0 aliphatic carbocycles. The Morgan fingerprint density at radius 3 is 3.05 bits per heavy atom. The maximum absolute atomic E-state index is 11.1. The molecule has 1 atom stereocenters. The number of hydrogen-bond donors (Lipinski definition) is 2. The predicted molar refractivity (Wildman–Crippen MR) is 79.9 cm³/mol. The molecule has 110 valence electrons. The van der Waals surface area contributed by atoms with Crippen LogP contribution in [0.15, 0.2) is 12.3 Å². The van der Waals surface area contributed by atoms with Crippen LogP contribution in [-0.4, -0.2) is 23.2 Å². The lowest BCUT2D eigenvalue weighted by atomic mass is 9.97. The van der Waals surface area contributed by atoms with Gasteiger partial charge in [0.15, 0.2) is 0 Å². The van der Waals surface area contributed by atoms with E-state index in [0.717, 1.165) is 23.1 Å². The molecule has 0 fully saturated rings. The first-order valence-corrected chi connectivity index (χ1v) is 7.02. The molecule has 1 aliphatic rings. The van der Waals surface area contributed by atoms with Gasteiger partial charge in [0.05, 0.1) is 24.1 Å². The molecule has 2 heterocycles. The molecule has 1 aliphatic heterocycles. The molecule has 0 unspecified atom stereocenters. The first-order valence-electron chi connectivity index (χ1n) is 6.65. The largest absolute Gasteiger partial charge is 0.495 e. The van der Waals surface area contributed by atoms with Crippen LogP contribution in [0.4, 0.5) is 0 Å². The number of nitrogens with zero attached hydrogens (tertiary/aromatic N) is 1. The summed E-state index contributed by atoms with van der Waals surface area (Å²) in [5.74, 6) is -0.463. The molecule has 0 saturated carbocycles. The second-order valence-electron chi connectivity index (χ2n) is 5.14. The van der Waals surface area contributed by atoms with Gasteiger partial charge in [-0.25, -0.2) is 0 Å². The van der Waals surface area contributed by atoms with Crippen molar-refractivity contribution >= 4 is 28.5 Å². The molecule has 0 spiro atoms. The molecule has 0 saturated heterocycles. The Morgan fingerprint density at radius 2 is 2.38 bits per heavy atom. The zero-order valence-corrected chi connectivity index (χ0v) is 12.5. The lowest BCUT2D eigenvalue weighted by molar-refractivity contribution is -0.136. The van der Waals surface area contributed by atoms with Crippen LogP contribution in [0.5, 0.6) is 5.75 Å². The Balaban J connectivity index is 2.36. The molecular weight excluding hydrogens is 292 g/mol. The smallest absolute Gasteiger partial charge is 0.307 e. The van der Waals surface area contributed by atoms with Gasteiger partial charge in [-0.3, -0.25) is 9.78 Å². The van der Waals surface area contributed by atoms with Crippen LogP contribution < -0.4 is 10.1 Å². The molecular formula is C15H15ClN2O3. The number of carboxylic acids is 1. The average molecular weight is 307 g/mol. The highest BCUT2D eigenvalue weighted by molar-refractivity contribution is 6.34. The Labute approximate surface area is 126 Å². The van der Waals surface area contributed by atoms with Crippen molar-refractivity contribution in [3.05, 3.63) is 34.0 Å². The maximum atomic E-state index is 11.1. The van der Waals surface area contributed by atoms with Crippen LogP contribution in [0.3, 0.4) is 0 Å². The number of hydrogen-bond acceptors (Lipinski definition) is 4. The summed E-state index contributed by atoms with van der Waals surface area (Å²) in [4.78, 5) is 15.6. The van der Waals surface area contributed by atoms with Gasteiger partial charge in [0.2, 0.25) is 0 Å². The summed E-state index contributed by atoms with van der Waals surface area (Å²) >= 11 is 6.28. The summed E-state index contributed by atoms with van der Waals surface area (Å²) in [5.41, 5.74) is 3.40. The molecule has 5 nitrogen and oxygen atoms in total. The number of carbonyl (C=O) groups is 1. The van der Waals surface area contributed by atoms with Gasteiger partial charge in [0.25, 0.3) is 0 Å². The van der Waals surface area contributed by atoms with E-state index in [2.05, 4.69) is 17.2 Å². The minimum Gasteiger partial charge on any atom is -0.495 e. The minimum atomic E-state index is -0.945. The Hall–Kier alpha value is -1.85. The quantitative estimate of drug-likeness (QED) is 0.912. The number of benzene rings is 1. The molecule has 0 bridgehead atoms. The molecule has 0 amide bonds. The van der Waals surface area contributed by atoms with Crippen LogP contribution in [-0.2, 0) is 17.8 Å². The van der Waals surface area contributed by atoms with E-state index in [4.69, 9.17) is 21.4 Å². The monoisotopic (exact) mass is 306 g/mol. The van der Waals surface area contributed by atoms with Crippen molar-refractivity contribution in [3.63, 3.8) is 0 Å². The first kappa shape index (κ1) is 14.1. The third kappa shape index (κ3) is 2.22. The number of pyridine rings is 1. The number of halogens is 1. The Kier molecular flexibility index (Phi) is 3.47. The number of nitrogens with one attached hydrogen (secondary N) is 1. The number of rotatable bonds is 3. The molecule has 0 radical (unpaired) electrons. The third-order valence-electron chi connectivity index (χ3n) is 3.86. The zero-order valence-electron chi connectivity index (χ0n) is 11.7. The lowest BCUT2D eigenvalue weighted by Gasteiger charge is -2.15. The van der Waals surface area contributed by atoms with Crippen molar-refractivity contribution < 1.29 is 14.6 Å². The van der Waals surface area contributed by atoms with Gasteiger partial charge in [-0.15, -0.1) is 0 Å². The standard InChI is InChI=1S/C15H15ClN2O3/c1-7-13-8(5-17-7)6-18-15-9(13)3-11(21-2)14(16)10(15)4-12(19)20/h3,6-7,17H,4-5H2,1-2H3,(H,19,20)/t7-/m0/s1. The number of methoxy groups -OCH3 is 1. The van der Waals surface area contributed by atoms with Gasteiger partial charge in [0.1, 0.15) is 5.75 Å². The molecule has 2 aromatic rings. The second kappa shape index (κ2) is 5.16. The number of fused-ring (bicyclic) bond motifs is 3. The lowest BCUT2D eigenvalue weighted by Crippen LogP contribution is -2.08. The SMILES string of the molecule is COc1cc2c3c(cnc2c(CC(=O)O)c1Cl)CN[C@H]3C. The zero-order chi connectivity index (χ0) is 15.1.